The molecule has 1 aromatic heterocycles. The van der Waals surface area contributed by atoms with Crippen LogP contribution >= 0.6 is 11.3 Å². The highest BCUT2D eigenvalue weighted by Gasteiger charge is 2.29. The van der Waals surface area contributed by atoms with Crippen LogP contribution in [0, 0.1) is 0 Å². The van der Waals surface area contributed by atoms with E-state index in [4.69, 9.17) is 9.47 Å². The summed E-state index contributed by atoms with van der Waals surface area (Å²) in [6, 6.07) is 9.99. The fourth-order valence-corrected chi connectivity index (χ4v) is 4.47. The molecule has 1 saturated heterocycles. The molecular formula is C18H19NO3S. The molecule has 120 valence electrons. The number of thiophene rings is 1. The Morgan fingerprint density at radius 1 is 1.22 bits per heavy atom. The van der Waals surface area contributed by atoms with Crippen molar-refractivity contribution in [3.63, 3.8) is 0 Å². The molecule has 1 aromatic carbocycles. The molecule has 1 fully saturated rings. The minimum atomic E-state index is 0.0846. The minimum absolute atomic E-state index is 0.0846. The number of hydrogen-bond acceptors (Lipinski definition) is 4. The van der Waals surface area contributed by atoms with Crippen molar-refractivity contribution < 1.29 is 14.3 Å². The van der Waals surface area contributed by atoms with E-state index in [1.54, 1.807) is 11.3 Å². The van der Waals surface area contributed by atoms with E-state index in [0.29, 0.717) is 19.7 Å². The number of carbonyl (C=O) groups is 1. The van der Waals surface area contributed by atoms with Gasteiger partial charge in [0, 0.05) is 29.1 Å². The number of carbonyl (C=O) groups excluding carboxylic acids is 1. The lowest BCUT2D eigenvalue weighted by atomic mass is 10.1. The third kappa shape index (κ3) is 2.64. The molecule has 3 heterocycles. The first kappa shape index (κ1) is 14.7. The van der Waals surface area contributed by atoms with Gasteiger partial charge in [-0.05, 0) is 32.0 Å². The Bertz CT molecular complexity index is 744. The van der Waals surface area contributed by atoms with Gasteiger partial charge in [-0.2, -0.15) is 0 Å². The van der Waals surface area contributed by atoms with E-state index in [2.05, 4.69) is 6.07 Å². The number of para-hydroxylation sites is 1. The highest BCUT2D eigenvalue weighted by atomic mass is 32.1. The van der Waals surface area contributed by atoms with Gasteiger partial charge in [0.2, 0.25) is 0 Å². The van der Waals surface area contributed by atoms with Gasteiger partial charge in [0.25, 0.3) is 5.91 Å². The summed E-state index contributed by atoms with van der Waals surface area (Å²) >= 11 is 1.57. The molecule has 23 heavy (non-hydrogen) atoms. The number of fused-ring (bicyclic) bond motifs is 3. The minimum Gasteiger partial charge on any atom is -0.488 e. The smallest absolute Gasteiger partial charge is 0.264 e. The highest BCUT2D eigenvalue weighted by molar-refractivity contribution is 7.17. The monoisotopic (exact) mass is 329 g/mol. The average Bonchev–Trinajstić information content (AvgIpc) is 2.98. The van der Waals surface area contributed by atoms with Gasteiger partial charge in [-0.15, -0.1) is 11.3 Å². The van der Waals surface area contributed by atoms with E-state index in [1.807, 2.05) is 43.0 Å². The first-order chi connectivity index (χ1) is 11.1. The predicted molar refractivity (Wildman–Crippen MR) is 90.0 cm³/mol. The molecule has 5 heteroatoms. The molecule has 4 nitrogen and oxygen atoms in total. The first-order valence-electron chi connectivity index (χ1n) is 7.91. The van der Waals surface area contributed by atoms with Gasteiger partial charge < -0.3 is 14.4 Å². The summed E-state index contributed by atoms with van der Waals surface area (Å²) in [7, 11) is 0. The summed E-state index contributed by atoms with van der Waals surface area (Å²) in [4.78, 5) is 16.7. The Labute approximate surface area is 139 Å². The summed E-state index contributed by atoms with van der Waals surface area (Å²) in [6.45, 7) is 5.86. The van der Waals surface area contributed by atoms with Crippen molar-refractivity contribution in [2.45, 2.75) is 32.7 Å². The van der Waals surface area contributed by atoms with Crippen LogP contribution in [0.5, 0.6) is 5.75 Å². The third-order valence-electron chi connectivity index (χ3n) is 4.24. The maximum Gasteiger partial charge on any atom is 0.264 e. The van der Waals surface area contributed by atoms with E-state index >= 15 is 0 Å². The maximum absolute atomic E-state index is 12.9. The Morgan fingerprint density at radius 3 is 2.74 bits per heavy atom. The Kier molecular flexibility index (Phi) is 3.62. The van der Waals surface area contributed by atoms with Crippen LogP contribution in [0.3, 0.4) is 0 Å². The Morgan fingerprint density at radius 2 is 1.96 bits per heavy atom. The Hall–Kier alpha value is -1.85. The number of benzene rings is 1. The van der Waals surface area contributed by atoms with Crippen LogP contribution in [0.25, 0.3) is 10.4 Å². The van der Waals surface area contributed by atoms with Gasteiger partial charge in [-0.1, -0.05) is 12.1 Å². The largest absolute Gasteiger partial charge is 0.488 e. The summed E-state index contributed by atoms with van der Waals surface area (Å²) in [6.07, 6.45) is 0.169. The van der Waals surface area contributed by atoms with Crippen LogP contribution in [-0.2, 0) is 11.3 Å². The molecule has 0 bridgehead atoms. The highest BCUT2D eigenvalue weighted by Crippen LogP contribution is 2.42. The molecule has 2 atom stereocenters. The molecule has 2 aromatic rings. The topological polar surface area (TPSA) is 38.8 Å². The second-order valence-corrected chi connectivity index (χ2v) is 7.27. The molecule has 2 unspecified atom stereocenters. The van der Waals surface area contributed by atoms with Crippen molar-refractivity contribution in [2.24, 2.45) is 0 Å². The predicted octanol–water partition coefficient (Wildman–Crippen LogP) is 3.56. The van der Waals surface area contributed by atoms with Gasteiger partial charge in [0.1, 0.15) is 12.4 Å². The molecule has 0 radical (unpaired) electrons. The van der Waals surface area contributed by atoms with Crippen molar-refractivity contribution in [3.05, 3.63) is 40.8 Å². The molecule has 2 aliphatic heterocycles. The molecule has 0 saturated carbocycles. The lowest BCUT2D eigenvalue weighted by molar-refractivity contribution is -0.0585. The van der Waals surface area contributed by atoms with Crippen LogP contribution in [0.15, 0.2) is 30.3 Å². The van der Waals surface area contributed by atoms with Gasteiger partial charge in [0.15, 0.2) is 0 Å². The fourth-order valence-electron chi connectivity index (χ4n) is 3.30. The second kappa shape index (κ2) is 5.65. The number of amides is 1. The van der Waals surface area contributed by atoms with Crippen LogP contribution in [-0.4, -0.2) is 36.1 Å². The van der Waals surface area contributed by atoms with Crippen molar-refractivity contribution in [1.29, 1.82) is 0 Å². The molecular weight excluding hydrogens is 310 g/mol. The molecule has 0 aliphatic carbocycles. The summed E-state index contributed by atoms with van der Waals surface area (Å²) < 4.78 is 11.5. The van der Waals surface area contributed by atoms with E-state index in [1.165, 1.54) is 0 Å². The number of rotatable bonds is 1. The zero-order valence-electron chi connectivity index (χ0n) is 13.2. The molecule has 4 rings (SSSR count). The van der Waals surface area contributed by atoms with Crippen LogP contribution in [0.4, 0.5) is 0 Å². The van der Waals surface area contributed by atoms with Gasteiger partial charge in [-0.25, -0.2) is 0 Å². The van der Waals surface area contributed by atoms with Crippen molar-refractivity contribution >= 4 is 17.2 Å². The average molecular weight is 329 g/mol. The summed E-state index contributed by atoms with van der Waals surface area (Å²) in [5.41, 5.74) is 2.19. The zero-order chi connectivity index (χ0) is 16.0. The SMILES string of the molecule is CC1CN(C(=O)c2cc3c(s2)-c2ccccc2OC3)CC(C)O1. The van der Waals surface area contributed by atoms with Crippen molar-refractivity contribution in [1.82, 2.24) is 4.90 Å². The maximum atomic E-state index is 12.9. The van der Waals surface area contributed by atoms with Crippen LogP contribution in [0.2, 0.25) is 0 Å². The third-order valence-corrected chi connectivity index (χ3v) is 5.44. The van der Waals surface area contributed by atoms with Gasteiger partial charge >= 0.3 is 0 Å². The molecule has 0 spiro atoms. The van der Waals surface area contributed by atoms with Crippen molar-refractivity contribution in [2.75, 3.05) is 13.1 Å². The van der Waals surface area contributed by atoms with Crippen LogP contribution < -0.4 is 4.74 Å². The standard InChI is InChI=1S/C18H19NO3S/c1-11-8-19(9-12(2)22-11)18(20)16-7-13-10-21-15-6-4-3-5-14(15)17(13)23-16/h3-7,11-12H,8-10H2,1-2H3. The lowest BCUT2D eigenvalue weighted by Crippen LogP contribution is -2.48. The van der Waals surface area contributed by atoms with E-state index in [9.17, 15) is 4.79 Å². The van der Waals surface area contributed by atoms with Gasteiger partial charge in [0.05, 0.1) is 17.1 Å². The number of nitrogens with zero attached hydrogens (tertiary/aromatic N) is 1. The van der Waals surface area contributed by atoms with E-state index in [-0.39, 0.29) is 18.1 Å². The molecule has 1 amide bonds. The second-order valence-electron chi connectivity index (χ2n) is 6.22. The zero-order valence-corrected chi connectivity index (χ0v) is 14.1. The van der Waals surface area contributed by atoms with Crippen LogP contribution in [0.1, 0.15) is 29.1 Å². The summed E-state index contributed by atoms with van der Waals surface area (Å²) in [5, 5.41) is 0. The fraction of sp³-hybridized carbons (Fsp3) is 0.389. The first-order valence-corrected chi connectivity index (χ1v) is 8.73. The number of hydrogen-bond donors (Lipinski definition) is 0. The lowest BCUT2D eigenvalue weighted by Gasteiger charge is -2.35. The molecule has 2 aliphatic rings. The summed E-state index contributed by atoms with van der Waals surface area (Å²) in [5.74, 6) is 0.998. The quantitative estimate of drug-likeness (QED) is 0.803. The molecule has 0 N–H and O–H groups in total. The number of morpholine rings is 1. The van der Waals surface area contributed by atoms with E-state index in [0.717, 1.165) is 26.6 Å². The normalized spacial score (nSPS) is 23.0. The van der Waals surface area contributed by atoms with Crippen molar-refractivity contribution in [3.8, 4) is 16.2 Å². The van der Waals surface area contributed by atoms with Gasteiger partial charge in [-0.3, -0.25) is 4.79 Å². The Balaban J connectivity index is 1.65. The van der Waals surface area contributed by atoms with E-state index < -0.39 is 0 Å². The number of ether oxygens (including phenoxy) is 2.